The molecule has 0 aliphatic rings. The van der Waals surface area contributed by atoms with Crippen LogP contribution in [0.2, 0.25) is 0 Å². The molecular formula is C14H22N2O4S. The van der Waals surface area contributed by atoms with Crippen molar-refractivity contribution in [3.05, 3.63) is 29.8 Å². The lowest BCUT2D eigenvalue weighted by Gasteiger charge is -2.08. The number of sulfonamides is 1. The summed E-state index contributed by atoms with van der Waals surface area (Å²) < 4.78 is 27.8. The first-order valence-corrected chi connectivity index (χ1v) is 8.38. The van der Waals surface area contributed by atoms with Crippen molar-refractivity contribution in [3.8, 4) is 0 Å². The molecular weight excluding hydrogens is 292 g/mol. The first-order chi connectivity index (χ1) is 9.80. The Bertz CT molecular complexity index is 570. The van der Waals surface area contributed by atoms with Crippen LogP contribution in [0.3, 0.4) is 0 Å². The Balaban J connectivity index is 2.43. The van der Waals surface area contributed by atoms with Crippen LogP contribution in [-0.2, 0) is 14.8 Å². The molecule has 0 spiro atoms. The van der Waals surface area contributed by atoms with Crippen LogP contribution in [0.5, 0.6) is 0 Å². The van der Waals surface area contributed by atoms with E-state index in [1.54, 1.807) is 6.07 Å². The topological polar surface area (TPSA) is 98.5 Å². The first kappa shape index (κ1) is 17.6. The third-order valence-electron chi connectivity index (χ3n) is 2.73. The van der Waals surface area contributed by atoms with Gasteiger partial charge in [-0.15, -0.1) is 0 Å². The second kappa shape index (κ2) is 8.11. The highest BCUT2D eigenvalue weighted by Gasteiger charge is 2.11. The van der Waals surface area contributed by atoms with Crippen LogP contribution in [0.4, 0.5) is 0 Å². The van der Waals surface area contributed by atoms with E-state index in [2.05, 4.69) is 5.32 Å². The monoisotopic (exact) mass is 314 g/mol. The molecule has 0 aliphatic heterocycles. The molecule has 0 heterocycles. The molecule has 0 atom stereocenters. The molecule has 0 aromatic heterocycles. The number of rotatable bonds is 8. The van der Waals surface area contributed by atoms with E-state index in [0.29, 0.717) is 13.2 Å². The van der Waals surface area contributed by atoms with Crippen LogP contribution in [-0.4, -0.2) is 33.6 Å². The van der Waals surface area contributed by atoms with Crippen LogP contribution in [0.1, 0.15) is 37.0 Å². The van der Waals surface area contributed by atoms with Crippen molar-refractivity contribution in [1.82, 2.24) is 5.32 Å². The summed E-state index contributed by atoms with van der Waals surface area (Å²) in [6.45, 7) is 5.12. The zero-order chi connectivity index (χ0) is 15.9. The number of carbonyl (C=O) groups excluding carboxylic acids is 1. The van der Waals surface area contributed by atoms with E-state index in [1.165, 1.54) is 18.2 Å². The van der Waals surface area contributed by atoms with Gasteiger partial charge in [-0.3, -0.25) is 4.79 Å². The van der Waals surface area contributed by atoms with E-state index < -0.39 is 10.0 Å². The number of unbranched alkanes of at least 4 members (excludes halogenated alkanes) is 1. The van der Waals surface area contributed by atoms with Crippen LogP contribution < -0.4 is 10.5 Å². The lowest BCUT2D eigenvalue weighted by atomic mass is 10.2. The summed E-state index contributed by atoms with van der Waals surface area (Å²) in [5.74, 6) is -0.315. The molecule has 0 saturated carbocycles. The lowest BCUT2D eigenvalue weighted by molar-refractivity contribution is 0.0754. The van der Waals surface area contributed by atoms with Gasteiger partial charge in [0.25, 0.3) is 5.91 Å². The fraction of sp³-hybridized carbons (Fsp3) is 0.500. The fourth-order valence-corrected chi connectivity index (χ4v) is 2.22. The number of carbonyl (C=O) groups is 1. The molecule has 6 nitrogen and oxygen atoms in total. The van der Waals surface area contributed by atoms with E-state index in [0.717, 1.165) is 12.8 Å². The standard InChI is InChI=1S/C14H22N2O4S/c1-11(2)20-9-4-3-8-16-14(17)12-6-5-7-13(10-12)21(15,18)19/h5-7,10-11H,3-4,8-9H2,1-2H3,(H,16,17)(H2,15,18,19). The summed E-state index contributed by atoms with van der Waals surface area (Å²) in [6, 6.07) is 5.67. The Morgan fingerprint density at radius 3 is 2.67 bits per heavy atom. The number of nitrogens with one attached hydrogen (secondary N) is 1. The number of primary sulfonamides is 1. The first-order valence-electron chi connectivity index (χ1n) is 6.83. The highest BCUT2D eigenvalue weighted by atomic mass is 32.2. The van der Waals surface area contributed by atoms with E-state index in [9.17, 15) is 13.2 Å². The predicted octanol–water partition coefficient (Wildman–Crippen LogP) is 1.27. The molecule has 0 unspecified atom stereocenters. The van der Waals surface area contributed by atoms with Crippen LogP contribution in [0, 0.1) is 0 Å². The molecule has 7 heteroatoms. The Morgan fingerprint density at radius 2 is 2.05 bits per heavy atom. The largest absolute Gasteiger partial charge is 0.379 e. The molecule has 1 aromatic rings. The minimum absolute atomic E-state index is 0.0690. The zero-order valence-corrected chi connectivity index (χ0v) is 13.2. The highest BCUT2D eigenvalue weighted by Crippen LogP contribution is 2.09. The van der Waals surface area contributed by atoms with Gasteiger partial charge in [0.15, 0.2) is 0 Å². The van der Waals surface area contributed by atoms with Gasteiger partial charge in [-0.1, -0.05) is 6.07 Å². The third kappa shape index (κ3) is 6.70. The number of benzene rings is 1. The number of hydrogen-bond donors (Lipinski definition) is 2. The number of amides is 1. The highest BCUT2D eigenvalue weighted by molar-refractivity contribution is 7.89. The van der Waals surface area contributed by atoms with Crippen molar-refractivity contribution in [3.63, 3.8) is 0 Å². The quantitative estimate of drug-likeness (QED) is 0.706. The molecule has 118 valence electrons. The maximum Gasteiger partial charge on any atom is 0.251 e. The summed E-state index contributed by atoms with van der Waals surface area (Å²) in [5.41, 5.74) is 0.278. The molecule has 0 saturated heterocycles. The normalized spacial score (nSPS) is 11.6. The van der Waals surface area contributed by atoms with Gasteiger partial charge in [0.1, 0.15) is 0 Å². The smallest absolute Gasteiger partial charge is 0.251 e. The Morgan fingerprint density at radius 1 is 1.33 bits per heavy atom. The van der Waals surface area contributed by atoms with E-state index >= 15 is 0 Å². The van der Waals surface area contributed by atoms with E-state index in [-0.39, 0.29) is 22.5 Å². The van der Waals surface area contributed by atoms with Crippen molar-refractivity contribution in [2.24, 2.45) is 5.14 Å². The molecule has 3 N–H and O–H groups in total. The van der Waals surface area contributed by atoms with Gasteiger partial charge >= 0.3 is 0 Å². The van der Waals surface area contributed by atoms with Gasteiger partial charge in [0.05, 0.1) is 11.0 Å². The Hall–Kier alpha value is -1.44. The third-order valence-corrected chi connectivity index (χ3v) is 3.64. The average Bonchev–Trinajstić information content (AvgIpc) is 2.41. The second-order valence-electron chi connectivity index (χ2n) is 4.96. The predicted molar refractivity (Wildman–Crippen MR) is 80.5 cm³/mol. The van der Waals surface area contributed by atoms with E-state index in [4.69, 9.17) is 9.88 Å². The van der Waals surface area contributed by atoms with Gasteiger partial charge in [-0.2, -0.15) is 0 Å². The lowest BCUT2D eigenvalue weighted by Crippen LogP contribution is -2.25. The SMILES string of the molecule is CC(C)OCCCCNC(=O)c1cccc(S(N)(=O)=O)c1. The average molecular weight is 314 g/mol. The van der Waals surface area contributed by atoms with E-state index in [1.807, 2.05) is 13.8 Å². The Kier molecular flexibility index (Phi) is 6.80. The van der Waals surface area contributed by atoms with Gasteiger partial charge in [0, 0.05) is 18.7 Å². The van der Waals surface area contributed by atoms with Crippen molar-refractivity contribution < 1.29 is 17.9 Å². The van der Waals surface area contributed by atoms with Crippen LogP contribution >= 0.6 is 0 Å². The molecule has 0 aliphatic carbocycles. The summed E-state index contributed by atoms with van der Waals surface area (Å²) in [5, 5.41) is 7.77. The Labute approximate surface area is 125 Å². The van der Waals surface area contributed by atoms with Crippen molar-refractivity contribution >= 4 is 15.9 Å². The van der Waals surface area contributed by atoms with Gasteiger partial charge in [-0.05, 0) is 44.9 Å². The second-order valence-corrected chi connectivity index (χ2v) is 6.52. The number of nitrogens with two attached hydrogens (primary N) is 1. The summed E-state index contributed by atoms with van der Waals surface area (Å²) >= 11 is 0. The fourth-order valence-electron chi connectivity index (χ4n) is 1.66. The molecule has 0 radical (unpaired) electrons. The van der Waals surface area contributed by atoms with Gasteiger partial charge in [0.2, 0.25) is 10.0 Å². The van der Waals surface area contributed by atoms with Crippen molar-refractivity contribution in [1.29, 1.82) is 0 Å². The minimum Gasteiger partial charge on any atom is -0.379 e. The molecule has 0 bridgehead atoms. The summed E-state index contributed by atoms with van der Waals surface area (Å²) in [7, 11) is -3.80. The molecule has 1 amide bonds. The van der Waals surface area contributed by atoms with Gasteiger partial charge < -0.3 is 10.1 Å². The van der Waals surface area contributed by atoms with Gasteiger partial charge in [-0.25, -0.2) is 13.6 Å². The molecule has 1 rings (SSSR count). The molecule has 21 heavy (non-hydrogen) atoms. The minimum atomic E-state index is -3.80. The van der Waals surface area contributed by atoms with Crippen molar-refractivity contribution in [2.75, 3.05) is 13.2 Å². The maximum absolute atomic E-state index is 11.9. The molecule has 1 aromatic carbocycles. The maximum atomic E-state index is 11.9. The molecule has 0 fully saturated rings. The number of ether oxygens (including phenoxy) is 1. The van der Waals surface area contributed by atoms with Crippen LogP contribution in [0.15, 0.2) is 29.2 Å². The summed E-state index contributed by atoms with van der Waals surface area (Å²) in [4.78, 5) is 11.8. The van der Waals surface area contributed by atoms with Crippen molar-refractivity contribution in [2.45, 2.75) is 37.7 Å². The van der Waals surface area contributed by atoms with Crippen LogP contribution in [0.25, 0.3) is 0 Å². The zero-order valence-electron chi connectivity index (χ0n) is 12.3. The summed E-state index contributed by atoms with van der Waals surface area (Å²) in [6.07, 6.45) is 1.86. The number of hydrogen-bond acceptors (Lipinski definition) is 4.